The van der Waals surface area contributed by atoms with E-state index in [0.29, 0.717) is 0 Å². The molecule has 1 saturated carbocycles. The van der Waals surface area contributed by atoms with Gasteiger partial charge in [0.2, 0.25) is 5.78 Å². The Bertz CT molecular complexity index is 617. The quantitative estimate of drug-likeness (QED) is 0.678. The smallest absolute Gasteiger partial charge is 0.202 e. The summed E-state index contributed by atoms with van der Waals surface area (Å²) in [5, 5.41) is 29.8. The van der Waals surface area contributed by atoms with Gasteiger partial charge in [-0.2, -0.15) is 0 Å². The average Bonchev–Trinajstić information content (AvgIpc) is 2.51. The molecule has 3 aliphatic rings. The molecule has 24 heavy (non-hydrogen) atoms. The normalized spacial score (nSPS) is 42.5. The predicted molar refractivity (Wildman–Crippen MR) is 92.3 cm³/mol. The highest BCUT2D eigenvalue weighted by molar-refractivity contribution is 5.98. The van der Waals surface area contributed by atoms with Gasteiger partial charge in [0.15, 0.2) is 5.76 Å². The first-order valence-corrected chi connectivity index (χ1v) is 9.01. The van der Waals surface area contributed by atoms with Crippen LogP contribution in [0.5, 0.6) is 0 Å². The Morgan fingerprint density at radius 2 is 1.96 bits per heavy atom. The minimum absolute atomic E-state index is 0.0938. The van der Waals surface area contributed by atoms with Crippen molar-refractivity contribution in [3.63, 3.8) is 0 Å². The number of allylic oxidation sites excluding steroid dienone is 4. The van der Waals surface area contributed by atoms with Crippen LogP contribution in [0.3, 0.4) is 0 Å². The van der Waals surface area contributed by atoms with Gasteiger partial charge in [-0.3, -0.25) is 4.79 Å². The van der Waals surface area contributed by atoms with E-state index < -0.39 is 11.5 Å². The first-order chi connectivity index (χ1) is 11.1. The highest BCUT2D eigenvalue weighted by Crippen LogP contribution is 2.61. The number of rotatable bonds is 2. The first kappa shape index (κ1) is 17.7. The Hall–Kier alpha value is -1.13. The molecule has 3 rings (SSSR count). The maximum Gasteiger partial charge on any atom is 0.202 e. The molecule has 0 aliphatic heterocycles. The van der Waals surface area contributed by atoms with Crippen LogP contribution in [-0.4, -0.2) is 33.8 Å². The van der Waals surface area contributed by atoms with E-state index in [1.165, 1.54) is 5.57 Å². The third-order valence-electron chi connectivity index (χ3n) is 7.29. The Morgan fingerprint density at radius 3 is 2.58 bits per heavy atom. The molecule has 0 amide bonds. The zero-order valence-electron chi connectivity index (χ0n) is 15.2. The van der Waals surface area contributed by atoms with Crippen LogP contribution in [0.15, 0.2) is 23.5 Å². The van der Waals surface area contributed by atoms with Gasteiger partial charge in [-0.05, 0) is 49.0 Å². The lowest BCUT2D eigenvalue weighted by Gasteiger charge is -2.56. The van der Waals surface area contributed by atoms with E-state index in [-0.39, 0.29) is 40.8 Å². The van der Waals surface area contributed by atoms with Crippen LogP contribution in [0.4, 0.5) is 0 Å². The molecule has 134 valence electrons. The number of carbonyl (C=O) groups excluding carboxylic acids is 1. The Morgan fingerprint density at radius 1 is 1.29 bits per heavy atom. The van der Waals surface area contributed by atoms with Crippen LogP contribution in [0.1, 0.15) is 53.4 Å². The van der Waals surface area contributed by atoms with Crippen LogP contribution in [0.25, 0.3) is 0 Å². The van der Waals surface area contributed by atoms with Gasteiger partial charge < -0.3 is 15.3 Å². The fourth-order valence-electron chi connectivity index (χ4n) is 5.65. The van der Waals surface area contributed by atoms with Crippen molar-refractivity contribution in [1.29, 1.82) is 0 Å². The summed E-state index contributed by atoms with van der Waals surface area (Å²) in [6.45, 7) is 7.90. The first-order valence-electron chi connectivity index (χ1n) is 9.01. The zero-order valence-corrected chi connectivity index (χ0v) is 15.2. The summed E-state index contributed by atoms with van der Waals surface area (Å²) in [6.07, 6.45) is 6.67. The largest absolute Gasteiger partial charge is 0.505 e. The number of aliphatic hydroxyl groups excluding tert-OH is 3. The summed E-state index contributed by atoms with van der Waals surface area (Å²) in [5.41, 5.74) is 0.202. The molecule has 0 aromatic carbocycles. The van der Waals surface area contributed by atoms with E-state index in [1.54, 1.807) is 6.08 Å². The van der Waals surface area contributed by atoms with Crippen LogP contribution in [-0.2, 0) is 4.79 Å². The number of fused-ring (bicyclic) bond motifs is 3. The number of aliphatic hydroxyl groups is 3. The van der Waals surface area contributed by atoms with Crippen molar-refractivity contribution in [2.45, 2.75) is 59.5 Å². The maximum absolute atomic E-state index is 12.4. The van der Waals surface area contributed by atoms with Crippen LogP contribution >= 0.6 is 0 Å². The van der Waals surface area contributed by atoms with Gasteiger partial charge in [-0.15, -0.1) is 0 Å². The highest BCUT2D eigenvalue weighted by atomic mass is 16.3. The maximum atomic E-state index is 12.4. The van der Waals surface area contributed by atoms with E-state index in [4.69, 9.17) is 0 Å². The van der Waals surface area contributed by atoms with Crippen molar-refractivity contribution in [2.75, 3.05) is 6.61 Å². The molecular weight excluding hydrogens is 304 g/mol. The molecule has 5 atom stereocenters. The number of ketones is 1. The number of hydrogen-bond acceptors (Lipinski definition) is 4. The minimum Gasteiger partial charge on any atom is -0.505 e. The fourth-order valence-corrected chi connectivity index (χ4v) is 5.65. The van der Waals surface area contributed by atoms with Crippen LogP contribution in [0.2, 0.25) is 0 Å². The highest BCUT2D eigenvalue weighted by Gasteiger charge is 2.57. The van der Waals surface area contributed by atoms with Crippen molar-refractivity contribution in [3.05, 3.63) is 23.5 Å². The number of carbonyl (C=O) groups is 1. The van der Waals surface area contributed by atoms with Crippen molar-refractivity contribution in [2.24, 2.45) is 28.1 Å². The molecule has 0 radical (unpaired) electrons. The molecule has 0 bridgehead atoms. The Balaban J connectivity index is 1.99. The standard InChI is InChI=1S/C20H30O4/c1-18(2)15-6-5-12-9-19(3,16(23)11-21)8-7-13(12)20(15,4)10-14(22)17(18)24/h5,10,13,15-16,21-23H,6-9,11H2,1-4H3/t13-,15-,16+,19+,20+/m1/s1. The summed E-state index contributed by atoms with van der Waals surface area (Å²) in [5.74, 6) is 0.209. The van der Waals surface area contributed by atoms with Gasteiger partial charge in [-0.1, -0.05) is 39.3 Å². The minimum atomic E-state index is -0.710. The third kappa shape index (κ3) is 2.30. The molecule has 1 fully saturated rings. The van der Waals surface area contributed by atoms with Gasteiger partial charge in [-0.25, -0.2) is 0 Å². The van der Waals surface area contributed by atoms with Crippen molar-refractivity contribution >= 4 is 5.78 Å². The van der Waals surface area contributed by atoms with Crippen LogP contribution in [0, 0.1) is 28.1 Å². The Kier molecular flexibility index (Phi) is 4.00. The lowest BCUT2D eigenvalue weighted by Crippen LogP contribution is -2.53. The van der Waals surface area contributed by atoms with Gasteiger partial charge in [0, 0.05) is 10.8 Å². The summed E-state index contributed by atoms with van der Waals surface area (Å²) < 4.78 is 0. The van der Waals surface area contributed by atoms with Gasteiger partial charge in [0.05, 0.1) is 12.7 Å². The van der Waals surface area contributed by atoms with E-state index >= 15 is 0 Å². The van der Waals surface area contributed by atoms with Crippen molar-refractivity contribution in [3.8, 4) is 0 Å². The lowest BCUT2D eigenvalue weighted by atomic mass is 9.47. The van der Waals surface area contributed by atoms with E-state index in [9.17, 15) is 20.1 Å². The molecule has 4 heteroatoms. The monoisotopic (exact) mass is 334 g/mol. The summed E-state index contributed by atoms with van der Waals surface area (Å²) in [6, 6.07) is 0. The van der Waals surface area contributed by atoms with Gasteiger partial charge in [0.1, 0.15) is 0 Å². The second-order valence-electron chi connectivity index (χ2n) is 9.13. The van der Waals surface area contributed by atoms with Crippen molar-refractivity contribution < 1.29 is 20.1 Å². The number of hydrogen-bond donors (Lipinski definition) is 3. The average molecular weight is 334 g/mol. The molecule has 0 saturated heterocycles. The molecule has 0 spiro atoms. The number of Topliss-reactive ketones (excluding diaryl/α,β-unsaturated/α-hetero) is 1. The lowest BCUT2D eigenvalue weighted by molar-refractivity contribution is -0.135. The molecule has 4 nitrogen and oxygen atoms in total. The molecular formula is C20H30O4. The molecule has 0 aromatic heterocycles. The molecule has 0 heterocycles. The third-order valence-corrected chi connectivity index (χ3v) is 7.29. The summed E-state index contributed by atoms with van der Waals surface area (Å²) in [4.78, 5) is 12.4. The molecule has 3 N–H and O–H groups in total. The van der Waals surface area contributed by atoms with E-state index in [1.807, 2.05) is 20.8 Å². The fraction of sp³-hybridized carbons (Fsp3) is 0.750. The second-order valence-corrected chi connectivity index (χ2v) is 9.13. The predicted octanol–water partition coefficient (Wildman–Crippen LogP) is 3.15. The molecule has 3 aliphatic carbocycles. The Labute approximate surface area is 144 Å². The molecule has 0 unspecified atom stereocenters. The van der Waals surface area contributed by atoms with Gasteiger partial charge >= 0.3 is 0 Å². The van der Waals surface area contributed by atoms with E-state index in [2.05, 4.69) is 13.0 Å². The van der Waals surface area contributed by atoms with Crippen LogP contribution < -0.4 is 0 Å². The summed E-state index contributed by atoms with van der Waals surface area (Å²) in [7, 11) is 0. The van der Waals surface area contributed by atoms with Gasteiger partial charge in [0.25, 0.3) is 0 Å². The van der Waals surface area contributed by atoms with Crippen molar-refractivity contribution in [1.82, 2.24) is 0 Å². The second kappa shape index (κ2) is 5.43. The summed E-state index contributed by atoms with van der Waals surface area (Å²) >= 11 is 0. The molecule has 0 aromatic rings. The SMILES string of the molecule is CC1(C)C(=O)C(O)=C[C@@]2(C)[C@@H]3CC[C@](C)([C@@H](O)CO)CC3=CC[C@H]12. The zero-order chi connectivity index (χ0) is 17.9. The topological polar surface area (TPSA) is 77.8 Å². The van der Waals surface area contributed by atoms with E-state index in [0.717, 1.165) is 25.7 Å².